The predicted molar refractivity (Wildman–Crippen MR) is 84.1 cm³/mol. The van der Waals surface area contributed by atoms with Gasteiger partial charge in [0.05, 0.1) is 4.90 Å². The number of hydrogen-bond acceptors (Lipinski definition) is 3. The molecule has 0 aliphatic heterocycles. The standard InChI is InChI=1S/C15H16ClN3O2S/c1-10-12(16)4-3-5-13(10)22(20,21)18-14-8-9-17-15(19(14)2)11-6-7-11/h3-5,8-9,11H,6-7H2,1-2H3. The monoisotopic (exact) mass is 337 g/mol. The summed E-state index contributed by atoms with van der Waals surface area (Å²) in [6.45, 7) is 1.67. The predicted octanol–water partition coefficient (Wildman–Crippen LogP) is 2.55. The van der Waals surface area contributed by atoms with Gasteiger partial charge in [-0.05, 0) is 37.5 Å². The topological polar surface area (TPSA) is 64.3 Å². The van der Waals surface area contributed by atoms with Crippen LogP contribution in [0.1, 0.15) is 30.1 Å². The van der Waals surface area contributed by atoms with Crippen LogP contribution >= 0.6 is 11.6 Å². The number of hydrogen-bond donors (Lipinski definition) is 0. The van der Waals surface area contributed by atoms with Crippen molar-refractivity contribution in [3.8, 4) is 0 Å². The molecule has 1 aromatic heterocycles. The van der Waals surface area contributed by atoms with Crippen molar-refractivity contribution >= 4 is 21.6 Å². The van der Waals surface area contributed by atoms with Crippen LogP contribution in [-0.2, 0) is 17.1 Å². The van der Waals surface area contributed by atoms with Crippen LogP contribution in [-0.4, -0.2) is 18.0 Å². The summed E-state index contributed by atoms with van der Waals surface area (Å²) in [5.41, 5.74) is 0.878. The minimum absolute atomic E-state index is 0.129. The minimum Gasteiger partial charge on any atom is -0.317 e. The second kappa shape index (κ2) is 5.52. The van der Waals surface area contributed by atoms with Gasteiger partial charge in [0, 0.05) is 30.3 Å². The molecule has 0 spiro atoms. The smallest absolute Gasteiger partial charge is 0.284 e. The lowest BCUT2D eigenvalue weighted by molar-refractivity contribution is 0.594. The van der Waals surface area contributed by atoms with Gasteiger partial charge < -0.3 is 4.57 Å². The molecule has 116 valence electrons. The number of aromatic nitrogens is 2. The molecule has 1 aliphatic carbocycles. The van der Waals surface area contributed by atoms with E-state index in [0.717, 1.165) is 18.7 Å². The van der Waals surface area contributed by atoms with E-state index in [4.69, 9.17) is 11.6 Å². The molecule has 1 saturated carbocycles. The Morgan fingerprint density at radius 2 is 2.05 bits per heavy atom. The Labute approximate surface area is 134 Å². The first-order valence-corrected chi connectivity index (χ1v) is 8.80. The molecule has 0 radical (unpaired) electrons. The molecule has 0 unspecified atom stereocenters. The highest BCUT2D eigenvalue weighted by molar-refractivity contribution is 7.90. The number of benzene rings is 1. The zero-order valence-electron chi connectivity index (χ0n) is 12.3. The van der Waals surface area contributed by atoms with E-state index in [0.29, 0.717) is 22.0 Å². The van der Waals surface area contributed by atoms with Crippen LogP contribution in [0.4, 0.5) is 0 Å². The van der Waals surface area contributed by atoms with Crippen molar-refractivity contribution in [3.63, 3.8) is 0 Å². The van der Waals surface area contributed by atoms with Gasteiger partial charge in [-0.25, -0.2) is 4.98 Å². The Kier molecular flexibility index (Phi) is 3.82. The summed E-state index contributed by atoms with van der Waals surface area (Å²) < 4.78 is 30.8. The Hall–Kier alpha value is -1.66. The van der Waals surface area contributed by atoms with Crippen LogP contribution in [0, 0.1) is 6.92 Å². The molecule has 0 bridgehead atoms. The second-order valence-corrected chi connectivity index (χ2v) is 7.40. The molecular weight excluding hydrogens is 322 g/mol. The first-order valence-electron chi connectivity index (χ1n) is 6.98. The van der Waals surface area contributed by atoms with Crippen molar-refractivity contribution in [2.24, 2.45) is 11.4 Å². The summed E-state index contributed by atoms with van der Waals surface area (Å²) in [6.07, 6.45) is 3.78. The van der Waals surface area contributed by atoms with E-state index in [1.54, 1.807) is 42.9 Å². The normalized spacial score (nSPS) is 16.0. The Morgan fingerprint density at radius 1 is 1.32 bits per heavy atom. The van der Waals surface area contributed by atoms with Gasteiger partial charge in [0.1, 0.15) is 11.3 Å². The average Bonchev–Trinajstić information content (AvgIpc) is 3.28. The van der Waals surface area contributed by atoms with E-state index in [1.807, 2.05) is 0 Å². The molecule has 2 aromatic rings. The molecule has 1 aromatic carbocycles. The molecule has 0 amide bonds. The van der Waals surface area contributed by atoms with Crippen LogP contribution in [0.5, 0.6) is 0 Å². The quantitative estimate of drug-likeness (QED) is 0.864. The maximum absolute atomic E-state index is 12.6. The molecule has 0 N–H and O–H groups in total. The van der Waals surface area contributed by atoms with Crippen molar-refractivity contribution in [1.82, 2.24) is 9.55 Å². The highest BCUT2D eigenvalue weighted by Crippen LogP contribution is 2.37. The van der Waals surface area contributed by atoms with Crippen molar-refractivity contribution in [1.29, 1.82) is 0 Å². The first-order chi connectivity index (χ1) is 10.4. The van der Waals surface area contributed by atoms with E-state index in [1.165, 1.54) is 6.07 Å². The molecule has 3 rings (SSSR count). The molecule has 1 heterocycles. The zero-order chi connectivity index (χ0) is 15.9. The molecule has 22 heavy (non-hydrogen) atoms. The van der Waals surface area contributed by atoms with Crippen molar-refractivity contribution in [2.45, 2.75) is 30.6 Å². The molecule has 0 saturated heterocycles. The third-order valence-corrected chi connectivity index (χ3v) is 5.60. The lowest BCUT2D eigenvalue weighted by Crippen LogP contribution is -2.23. The van der Waals surface area contributed by atoms with Gasteiger partial charge >= 0.3 is 0 Å². The van der Waals surface area contributed by atoms with Crippen molar-refractivity contribution in [3.05, 3.63) is 52.4 Å². The molecular formula is C15H16ClN3O2S. The number of rotatable bonds is 3. The average molecular weight is 338 g/mol. The van der Waals surface area contributed by atoms with Crippen LogP contribution in [0.25, 0.3) is 0 Å². The summed E-state index contributed by atoms with van der Waals surface area (Å²) in [6, 6.07) is 6.39. The van der Waals surface area contributed by atoms with Gasteiger partial charge in [0.2, 0.25) is 0 Å². The molecule has 5 nitrogen and oxygen atoms in total. The highest BCUT2D eigenvalue weighted by Gasteiger charge is 2.27. The lowest BCUT2D eigenvalue weighted by atomic mass is 10.2. The van der Waals surface area contributed by atoms with Crippen molar-refractivity contribution in [2.75, 3.05) is 0 Å². The van der Waals surface area contributed by atoms with Gasteiger partial charge in [0.25, 0.3) is 10.0 Å². The fourth-order valence-electron chi connectivity index (χ4n) is 2.35. The Bertz CT molecular complexity index is 899. The molecule has 0 atom stereocenters. The van der Waals surface area contributed by atoms with Gasteiger partial charge in [-0.3, -0.25) is 0 Å². The summed E-state index contributed by atoms with van der Waals surface area (Å²) >= 11 is 6.01. The van der Waals surface area contributed by atoms with Gasteiger partial charge in [-0.15, -0.1) is 4.40 Å². The highest BCUT2D eigenvalue weighted by atomic mass is 35.5. The van der Waals surface area contributed by atoms with Gasteiger partial charge in [-0.1, -0.05) is 17.7 Å². The second-order valence-electron chi connectivity index (χ2n) is 5.42. The first kappa shape index (κ1) is 15.2. The van der Waals surface area contributed by atoms with E-state index in [9.17, 15) is 8.42 Å². The summed E-state index contributed by atoms with van der Waals surface area (Å²) in [5.74, 6) is 1.29. The molecule has 7 heteroatoms. The Balaban J connectivity index is 2.15. The fraction of sp³-hybridized carbons (Fsp3) is 0.333. The number of nitrogens with zero attached hydrogens (tertiary/aromatic N) is 3. The van der Waals surface area contributed by atoms with E-state index in [-0.39, 0.29) is 4.90 Å². The zero-order valence-corrected chi connectivity index (χ0v) is 13.9. The van der Waals surface area contributed by atoms with E-state index in [2.05, 4.69) is 9.38 Å². The third kappa shape index (κ3) is 2.80. The number of halogens is 1. The van der Waals surface area contributed by atoms with Gasteiger partial charge in [-0.2, -0.15) is 8.42 Å². The van der Waals surface area contributed by atoms with Crippen LogP contribution in [0.15, 0.2) is 39.8 Å². The minimum atomic E-state index is -3.82. The van der Waals surface area contributed by atoms with Crippen LogP contribution in [0.3, 0.4) is 0 Å². The Morgan fingerprint density at radius 3 is 2.73 bits per heavy atom. The molecule has 1 aliphatic rings. The third-order valence-electron chi connectivity index (χ3n) is 3.77. The lowest BCUT2D eigenvalue weighted by Gasteiger charge is -2.08. The van der Waals surface area contributed by atoms with Crippen LogP contribution in [0.2, 0.25) is 5.02 Å². The van der Waals surface area contributed by atoms with Crippen LogP contribution < -0.4 is 5.49 Å². The van der Waals surface area contributed by atoms with E-state index >= 15 is 0 Å². The van der Waals surface area contributed by atoms with Gasteiger partial charge in [0.15, 0.2) is 0 Å². The van der Waals surface area contributed by atoms with Crippen molar-refractivity contribution < 1.29 is 8.42 Å². The number of sulfonamides is 1. The molecule has 1 fully saturated rings. The largest absolute Gasteiger partial charge is 0.317 e. The fourth-order valence-corrected chi connectivity index (χ4v) is 3.85. The summed E-state index contributed by atoms with van der Waals surface area (Å²) in [5, 5.41) is 0.411. The maximum atomic E-state index is 12.6. The summed E-state index contributed by atoms with van der Waals surface area (Å²) in [7, 11) is -2.03. The SMILES string of the molecule is Cc1c(Cl)cccc1S(=O)(=O)N=c1ccnc(C2CC2)n1C. The summed E-state index contributed by atoms with van der Waals surface area (Å²) in [4.78, 5) is 4.45. The van der Waals surface area contributed by atoms with E-state index < -0.39 is 10.0 Å². The maximum Gasteiger partial charge on any atom is 0.284 e.